The second-order valence-electron chi connectivity index (χ2n) is 11.8. The molecule has 2 aromatic carbocycles. The van der Waals surface area contributed by atoms with Crippen LogP contribution >= 0.6 is 0 Å². The molecule has 14 heteroatoms. The van der Waals surface area contributed by atoms with Gasteiger partial charge in [-0.2, -0.15) is 0 Å². The van der Waals surface area contributed by atoms with Crippen LogP contribution in [-0.2, 0) is 25.4 Å². The van der Waals surface area contributed by atoms with E-state index >= 15 is 0 Å². The highest BCUT2D eigenvalue weighted by Crippen LogP contribution is 2.52. The van der Waals surface area contributed by atoms with Crippen LogP contribution in [0.25, 0.3) is 0 Å². The largest absolute Gasteiger partial charge is 0.507 e. The predicted molar refractivity (Wildman–Crippen MR) is 159 cm³/mol. The lowest BCUT2D eigenvalue weighted by atomic mass is 9.72. The fraction of sp³-hybridized carbons (Fsp3) is 0.364. The van der Waals surface area contributed by atoms with Crippen molar-refractivity contribution >= 4 is 23.3 Å². The number of nitrogens with two attached hydrogens (primary N) is 1. The summed E-state index contributed by atoms with van der Waals surface area (Å²) in [5.74, 6) is -4.79. The Bertz CT molecular complexity index is 1780. The molecule has 6 rings (SSSR count). The highest BCUT2D eigenvalue weighted by Gasteiger charge is 2.50. The van der Waals surface area contributed by atoms with Crippen molar-refractivity contribution in [3.05, 3.63) is 81.7 Å². The number of hydrogen-bond acceptors (Lipinski definition) is 14. The van der Waals surface area contributed by atoms with Crippen LogP contribution in [-0.4, -0.2) is 92.6 Å². The number of carbonyl (C=O) groups is 4. The Kier molecular flexibility index (Phi) is 8.32. The van der Waals surface area contributed by atoms with Crippen LogP contribution in [0.15, 0.2) is 42.7 Å². The minimum atomic E-state index is -2.35. The average molecular weight is 649 g/mol. The number of carbonyl (C=O) groups excluding carboxylic acids is 4. The number of ketones is 3. The number of phenols is 2. The van der Waals surface area contributed by atoms with Crippen molar-refractivity contribution in [1.29, 1.82) is 0 Å². The van der Waals surface area contributed by atoms with Crippen molar-refractivity contribution in [2.24, 2.45) is 5.73 Å². The van der Waals surface area contributed by atoms with Gasteiger partial charge in [0.1, 0.15) is 22.8 Å². The van der Waals surface area contributed by atoms with E-state index in [2.05, 4.69) is 4.98 Å². The van der Waals surface area contributed by atoms with E-state index in [1.807, 2.05) is 0 Å². The van der Waals surface area contributed by atoms with Crippen LogP contribution < -0.4 is 10.5 Å². The summed E-state index contributed by atoms with van der Waals surface area (Å²) in [4.78, 5) is 57.4. The lowest BCUT2D eigenvalue weighted by Gasteiger charge is -2.42. The molecule has 2 heterocycles. The Morgan fingerprint density at radius 2 is 1.83 bits per heavy atom. The minimum absolute atomic E-state index is 0.0217. The minimum Gasteiger partial charge on any atom is -0.507 e. The molecular weight excluding hydrogens is 616 g/mol. The van der Waals surface area contributed by atoms with Crippen LogP contribution in [0, 0.1) is 0 Å². The number of aromatic nitrogens is 1. The number of phenolic OH excluding ortho intramolecular Hbond substituents is 2. The zero-order chi connectivity index (χ0) is 33.8. The van der Waals surface area contributed by atoms with Crippen molar-refractivity contribution in [2.75, 3.05) is 13.7 Å². The molecule has 0 radical (unpaired) electrons. The molecule has 3 aliphatic rings. The molecule has 47 heavy (non-hydrogen) atoms. The Hall–Kier alpha value is -4.73. The molecule has 1 saturated heterocycles. The van der Waals surface area contributed by atoms with E-state index in [4.69, 9.17) is 24.7 Å². The summed E-state index contributed by atoms with van der Waals surface area (Å²) in [6, 6.07) is 6.50. The number of benzene rings is 2. The van der Waals surface area contributed by atoms with Crippen LogP contribution in [0.1, 0.15) is 79.2 Å². The van der Waals surface area contributed by atoms with Gasteiger partial charge in [-0.25, -0.2) is 4.79 Å². The summed E-state index contributed by atoms with van der Waals surface area (Å²) in [7, 11) is 1.32. The third-order valence-electron chi connectivity index (χ3n) is 8.89. The molecule has 246 valence electrons. The third kappa shape index (κ3) is 5.43. The van der Waals surface area contributed by atoms with Gasteiger partial charge in [-0.1, -0.05) is 12.1 Å². The molecule has 14 nitrogen and oxygen atoms in total. The molecule has 6 N–H and O–H groups in total. The first-order valence-corrected chi connectivity index (χ1v) is 14.8. The fourth-order valence-corrected chi connectivity index (χ4v) is 6.44. The number of aromatic hydroxyl groups is 2. The molecule has 0 spiro atoms. The molecular formula is C33H32N2O12. The number of fused-ring (bicyclic) bond motifs is 3. The van der Waals surface area contributed by atoms with E-state index in [0.717, 1.165) is 0 Å². The van der Waals surface area contributed by atoms with Gasteiger partial charge >= 0.3 is 5.97 Å². The zero-order valence-corrected chi connectivity index (χ0v) is 25.3. The summed E-state index contributed by atoms with van der Waals surface area (Å²) < 4.78 is 22.4. The van der Waals surface area contributed by atoms with Gasteiger partial charge < -0.3 is 45.1 Å². The van der Waals surface area contributed by atoms with E-state index in [1.165, 1.54) is 49.8 Å². The predicted octanol–water partition coefficient (Wildman–Crippen LogP) is 1.26. The highest BCUT2D eigenvalue weighted by molar-refractivity contribution is 6.31. The van der Waals surface area contributed by atoms with Gasteiger partial charge in [-0.3, -0.25) is 19.4 Å². The number of nitrogens with zero attached hydrogens (tertiary/aromatic N) is 1. The molecule has 3 aromatic rings. The normalized spacial score (nSPS) is 26.5. The number of esters is 1. The van der Waals surface area contributed by atoms with E-state index in [9.17, 15) is 39.6 Å². The molecule has 0 unspecified atom stereocenters. The first-order valence-electron chi connectivity index (χ1n) is 14.8. The monoisotopic (exact) mass is 648 g/mol. The number of pyridine rings is 1. The first-order chi connectivity index (χ1) is 22.4. The maximum Gasteiger partial charge on any atom is 0.340 e. The zero-order valence-electron chi connectivity index (χ0n) is 25.3. The molecule has 0 bridgehead atoms. The van der Waals surface area contributed by atoms with Gasteiger partial charge in [0, 0.05) is 54.4 Å². The topological polar surface area (TPSA) is 225 Å². The molecule has 2 aliphatic carbocycles. The third-order valence-corrected chi connectivity index (χ3v) is 8.89. The number of ether oxygens (including phenoxy) is 4. The maximum absolute atomic E-state index is 13.8. The Morgan fingerprint density at radius 3 is 2.51 bits per heavy atom. The Labute approximate surface area is 267 Å². The summed E-state index contributed by atoms with van der Waals surface area (Å²) in [6.45, 7) is 0.697. The maximum atomic E-state index is 13.8. The van der Waals surface area contributed by atoms with E-state index in [1.54, 1.807) is 6.92 Å². The van der Waals surface area contributed by atoms with Gasteiger partial charge in [0.15, 0.2) is 18.7 Å². The molecule has 1 fully saturated rings. The van der Waals surface area contributed by atoms with Crippen LogP contribution in [0.5, 0.6) is 17.2 Å². The Balaban J connectivity index is 1.42. The van der Waals surface area contributed by atoms with E-state index < -0.39 is 102 Å². The van der Waals surface area contributed by atoms with Crippen molar-refractivity contribution in [2.45, 2.75) is 62.4 Å². The van der Waals surface area contributed by atoms with Crippen molar-refractivity contribution in [3.63, 3.8) is 0 Å². The summed E-state index contributed by atoms with van der Waals surface area (Å²) in [5.41, 5.74) is 2.22. The molecule has 6 atom stereocenters. The van der Waals surface area contributed by atoms with Crippen LogP contribution in [0.4, 0.5) is 0 Å². The second kappa shape index (κ2) is 12.1. The van der Waals surface area contributed by atoms with Crippen LogP contribution in [0.2, 0.25) is 0 Å². The second-order valence-corrected chi connectivity index (χ2v) is 11.8. The molecule has 0 amide bonds. The lowest BCUT2D eigenvalue weighted by Crippen LogP contribution is -2.53. The SMILES string of the molecule is COc1cccc2c1C(=O)c1c(O)c3c(c(O)c1C2=O)C[C@@](O)(C(=O)COC(=O)c1cccnc1)C[C@H]3O[C@H]1C[C@@H](N)[C@@H](O)[C@H](C)O1. The van der Waals surface area contributed by atoms with Gasteiger partial charge in [-0.15, -0.1) is 0 Å². The van der Waals surface area contributed by atoms with Crippen molar-refractivity contribution < 1.29 is 58.6 Å². The van der Waals surface area contributed by atoms with Crippen LogP contribution in [0.3, 0.4) is 0 Å². The number of aliphatic hydroxyl groups is 2. The average Bonchev–Trinajstić information content (AvgIpc) is 3.06. The summed E-state index contributed by atoms with van der Waals surface area (Å²) >= 11 is 0. The lowest BCUT2D eigenvalue weighted by molar-refractivity contribution is -0.247. The number of aliphatic hydroxyl groups excluding tert-OH is 1. The summed E-state index contributed by atoms with van der Waals surface area (Å²) in [6.07, 6.45) is -2.82. The first kappa shape index (κ1) is 32.2. The number of rotatable bonds is 7. The Morgan fingerprint density at radius 1 is 1.09 bits per heavy atom. The number of methoxy groups -OCH3 is 1. The van der Waals surface area contributed by atoms with Gasteiger partial charge in [-0.05, 0) is 25.1 Å². The van der Waals surface area contributed by atoms with Gasteiger partial charge in [0.05, 0.1) is 47.7 Å². The number of hydrogen-bond donors (Lipinski definition) is 5. The van der Waals surface area contributed by atoms with Crippen molar-refractivity contribution in [1.82, 2.24) is 4.98 Å². The standard InChI is InChI=1S/C33H32N2O12/c1-14-27(37)18(34)9-22(46-14)47-20-11-33(43,21(36)13-45-32(42)15-5-4-8-35-12-15)10-17-24(20)31(41)26-25(29(17)39)28(38)16-6-3-7-19(44-2)23(16)30(26)40/h3-8,12,14,18,20,22,27,37,39,41,43H,9-11,13,34H2,1-2H3/t14-,18+,20+,22-,27-,33-/m0/s1. The van der Waals surface area contributed by atoms with Gasteiger partial charge in [0.2, 0.25) is 11.6 Å². The van der Waals surface area contributed by atoms with E-state index in [0.29, 0.717) is 0 Å². The molecule has 1 aromatic heterocycles. The van der Waals surface area contributed by atoms with Crippen molar-refractivity contribution in [3.8, 4) is 17.2 Å². The smallest absolute Gasteiger partial charge is 0.340 e. The summed E-state index contributed by atoms with van der Waals surface area (Å²) in [5, 5.41) is 45.3. The quantitative estimate of drug-likeness (QED) is 0.141. The molecule has 0 saturated carbocycles. The number of Topliss-reactive ketones (excluding diaryl/α,β-unsaturated/α-hetero) is 1. The molecule has 1 aliphatic heterocycles. The fourth-order valence-electron chi connectivity index (χ4n) is 6.44. The highest BCUT2D eigenvalue weighted by atomic mass is 16.7. The van der Waals surface area contributed by atoms with Gasteiger partial charge in [0.25, 0.3) is 0 Å². The van der Waals surface area contributed by atoms with E-state index in [-0.39, 0.29) is 40.0 Å².